The minimum absolute atomic E-state index is 0.290. The predicted octanol–water partition coefficient (Wildman–Crippen LogP) is 5.96. The number of ether oxygens (including phenoxy) is 1. The molecule has 1 aliphatic heterocycles. The summed E-state index contributed by atoms with van der Waals surface area (Å²) in [4.78, 5) is 0. The van der Waals surface area contributed by atoms with Crippen LogP contribution in [-0.4, -0.2) is 6.61 Å². The highest BCUT2D eigenvalue weighted by Gasteiger charge is 2.38. The first-order chi connectivity index (χ1) is 11.8. The molecule has 1 N–H and O–H groups in total. The van der Waals surface area contributed by atoms with E-state index in [1.807, 2.05) is 12.1 Å². The van der Waals surface area contributed by atoms with Gasteiger partial charge in [-0.05, 0) is 60.2 Å². The van der Waals surface area contributed by atoms with Gasteiger partial charge in [0.2, 0.25) is 0 Å². The Labute approximate surface area is 148 Å². The zero-order valence-electron chi connectivity index (χ0n) is 13.8. The number of benzene rings is 2. The summed E-state index contributed by atoms with van der Waals surface area (Å²) in [6, 6.07) is 14.9. The van der Waals surface area contributed by atoms with Gasteiger partial charge < -0.3 is 10.1 Å². The van der Waals surface area contributed by atoms with E-state index in [9.17, 15) is 0 Å². The molecule has 2 aliphatic rings. The highest BCUT2D eigenvalue weighted by molar-refractivity contribution is 6.30. The van der Waals surface area contributed by atoms with Crippen molar-refractivity contribution in [3.05, 3.63) is 70.8 Å². The summed E-state index contributed by atoms with van der Waals surface area (Å²) >= 11 is 6.22. The van der Waals surface area contributed by atoms with E-state index in [1.54, 1.807) is 0 Å². The fraction of sp³-hybridized carbons (Fsp3) is 0.333. The van der Waals surface area contributed by atoms with Crippen LogP contribution in [0.25, 0.3) is 0 Å². The molecule has 2 aromatic rings. The monoisotopic (exact) mass is 339 g/mol. The zero-order valence-corrected chi connectivity index (χ0v) is 14.6. The molecule has 124 valence electrons. The molecular formula is C21H22ClNO. The molecule has 0 radical (unpaired) electrons. The van der Waals surface area contributed by atoms with Crippen molar-refractivity contribution in [2.45, 2.75) is 31.7 Å². The van der Waals surface area contributed by atoms with Gasteiger partial charge in [0.05, 0.1) is 12.6 Å². The van der Waals surface area contributed by atoms with Crippen LogP contribution in [0.4, 0.5) is 5.69 Å². The number of hydrogen-bond acceptors (Lipinski definition) is 2. The van der Waals surface area contributed by atoms with Crippen molar-refractivity contribution >= 4 is 17.3 Å². The number of anilines is 1. The van der Waals surface area contributed by atoms with Gasteiger partial charge in [0, 0.05) is 16.6 Å². The molecule has 2 aromatic carbocycles. The van der Waals surface area contributed by atoms with Crippen LogP contribution in [0.1, 0.15) is 42.9 Å². The molecule has 0 fully saturated rings. The molecular weight excluding hydrogens is 318 g/mol. The second-order valence-electron chi connectivity index (χ2n) is 6.63. The summed E-state index contributed by atoms with van der Waals surface area (Å²) in [5.74, 6) is 1.94. The standard InChI is InChI=1S/C21H22ClNO/c1-2-11-24-16-9-10-20-19(13-16)17-7-4-8-18(17)21(23-20)14-5-3-6-15(22)12-14/h3-7,9-10,12-13,17-18,21,23H,2,8,11H2,1H3. The summed E-state index contributed by atoms with van der Waals surface area (Å²) in [6.45, 7) is 2.90. The summed E-state index contributed by atoms with van der Waals surface area (Å²) in [6.07, 6.45) is 6.78. The van der Waals surface area contributed by atoms with Crippen molar-refractivity contribution in [1.29, 1.82) is 0 Å². The van der Waals surface area contributed by atoms with E-state index < -0.39 is 0 Å². The Balaban J connectivity index is 1.69. The second-order valence-corrected chi connectivity index (χ2v) is 7.06. The van der Waals surface area contributed by atoms with Crippen LogP contribution in [0.5, 0.6) is 5.75 Å². The van der Waals surface area contributed by atoms with Crippen molar-refractivity contribution in [2.75, 3.05) is 11.9 Å². The van der Waals surface area contributed by atoms with Gasteiger partial charge in [-0.1, -0.05) is 42.8 Å². The van der Waals surface area contributed by atoms with Crippen molar-refractivity contribution in [3.8, 4) is 5.75 Å². The maximum atomic E-state index is 6.22. The lowest BCUT2D eigenvalue weighted by Crippen LogP contribution is -2.29. The summed E-state index contributed by atoms with van der Waals surface area (Å²) in [7, 11) is 0. The topological polar surface area (TPSA) is 21.3 Å². The predicted molar refractivity (Wildman–Crippen MR) is 100 cm³/mol. The third-order valence-electron chi connectivity index (χ3n) is 5.01. The van der Waals surface area contributed by atoms with Gasteiger partial charge in [0.15, 0.2) is 0 Å². The van der Waals surface area contributed by atoms with Gasteiger partial charge in [0.1, 0.15) is 5.75 Å². The van der Waals surface area contributed by atoms with Crippen LogP contribution in [0.2, 0.25) is 5.02 Å². The van der Waals surface area contributed by atoms with Gasteiger partial charge in [-0.2, -0.15) is 0 Å². The van der Waals surface area contributed by atoms with E-state index in [1.165, 1.54) is 16.8 Å². The molecule has 0 saturated carbocycles. The lowest BCUT2D eigenvalue weighted by molar-refractivity contribution is 0.316. The molecule has 0 bridgehead atoms. The number of rotatable bonds is 4. The molecule has 0 spiro atoms. The number of nitrogens with one attached hydrogen (secondary N) is 1. The summed E-state index contributed by atoms with van der Waals surface area (Å²) in [5, 5.41) is 4.54. The normalized spacial score (nSPS) is 24.2. The quantitative estimate of drug-likeness (QED) is 0.694. The van der Waals surface area contributed by atoms with E-state index in [-0.39, 0.29) is 0 Å². The van der Waals surface area contributed by atoms with Crippen LogP contribution < -0.4 is 10.1 Å². The minimum Gasteiger partial charge on any atom is -0.494 e. The van der Waals surface area contributed by atoms with Crippen molar-refractivity contribution in [3.63, 3.8) is 0 Å². The van der Waals surface area contributed by atoms with Crippen molar-refractivity contribution < 1.29 is 4.74 Å². The molecule has 0 saturated heterocycles. The van der Waals surface area contributed by atoms with E-state index >= 15 is 0 Å². The maximum Gasteiger partial charge on any atom is 0.119 e. The SMILES string of the molecule is CCCOc1ccc2c(c1)C1C=CCC1C(c1cccc(Cl)c1)N2. The highest BCUT2D eigenvalue weighted by atomic mass is 35.5. The lowest BCUT2D eigenvalue weighted by Gasteiger charge is -2.37. The largest absolute Gasteiger partial charge is 0.494 e. The molecule has 4 rings (SSSR count). The first-order valence-electron chi connectivity index (χ1n) is 8.71. The zero-order chi connectivity index (χ0) is 16.5. The molecule has 0 aromatic heterocycles. The van der Waals surface area contributed by atoms with E-state index in [0.29, 0.717) is 17.9 Å². The third-order valence-corrected chi connectivity index (χ3v) is 5.25. The molecule has 3 heteroatoms. The number of halogens is 1. The fourth-order valence-corrected chi connectivity index (χ4v) is 4.11. The molecule has 3 atom stereocenters. The van der Waals surface area contributed by atoms with Gasteiger partial charge in [-0.15, -0.1) is 0 Å². The number of hydrogen-bond donors (Lipinski definition) is 1. The Kier molecular flexibility index (Phi) is 4.24. The Morgan fingerprint density at radius 1 is 1.21 bits per heavy atom. The Bertz CT molecular complexity index is 770. The fourth-order valence-electron chi connectivity index (χ4n) is 3.91. The Morgan fingerprint density at radius 2 is 2.12 bits per heavy atom. The summed E-state index contributed by atoms with van der Waals surface area (Å²) < 4.78 is 5.83. The molecule has 24 heavy (non-hydrogen) atoms. The van der Waals surface area contributed by atoms with Crippen LogP contribution in [-0.2, 0) is 0 Å². The molecule has 3 unspecified atom stereocenters. The average molecular weight is 340 g/mol. The maximum absolute atomic E-state index is 6.22. The molecule has 2 nitrogen and oxygen atoms in total. The van der Waals surface area contributed by atoms with Crippen LogP contribution >= 0.6 is 11.6 Å². The van der Waals surface area contributed by atoms with E-state index in [2.05, 4.69) is 54.7 Å². The Morgan fingerprint density at radius 3 is 2.96 bits per heavy atom. The first kappa shape index (κ1) is 15.6. The number of allylic oxidation sites excluding steroid dienone is 2. The Hall–Kier alpha value is -1.93. The van der Waals surface area contributed by atoms with Crippen molar-refractivity contribution in [1.82, 2.24) is 0 Å². The van der Waals surface area contributed by atoms with E-state index in [4.69, 9.17) is 16.3 Å². The molecule has 1 heterocycles. The lowest BCUT2D eigenvalue weighted by atomic mass is 9.77. The number of fused-ring (bicyclic) bond motifs is 3. The third kappa shape index (κ3) is 2.80. The van der Waals surface area contributed by atoms with Crippen LogP contribution in [0.3, 0.4) is 0 Å². The molecule has 0 amide bonds. The second kappa shape index (κ2) is 6.52. The first-order valence-corrected chi connectivity index (χ1v) is 9.09. The molecule has 1 aliphatic carbocycles. The van der Waals surface area contributed by atoms with Crippen LogP contribution in [0.15, 0.2) is 54.6 Å². The smallest absolute Gasteiger partial charge is 0.119 e. The average Bonchev–Trinajstić information content (AvgIpc) is 3.09. The minimum atomic E-state index is 0.290. The van der Waals surface area contributed by atoms with Gasteiger partial charge in [0.25, 0.3) is 0 Å². The van der Waals surface area contributed by atoms with Gasteiger partial charge in [-0.3, -0.25) is 0 Å². The van der Waals surface area contributed by atoms with Gasteiger partial charge in [-0.25, -0.2) is 0 Å². The van der Waals surface area contributed by atoms with Crippen LogP contribution in [0, 0.1) is 5.92 Å². The highest BCUT2D eigenvalue weighted by Crippen LogP contribution is 2.50. The van der Waals surface area contributed by atoms with Gasteiger partial charge >= 0.3 is 0 Å². The summed E-state index contributed by atoms with van der Waals surface area (Å²) in [5.41, 5.74) is 3.82. The van der Waals surface area contributed by atoms with Crippen molar-refractivity contribution in [2.24, 2.45) is 5.92 Å². The van der Waals surface area contributed by atoms with E-state index in [0.717, 1.165) is 30.2 Å².